The number of hydrogen-bond acceptors (Lipinski definition) is 5. The summed E-state index contributed by atoms with van der Waals surface area (Å²) in [6.07, 6.45) is 0.469. The highest BCUT2D eigenvalue weighted by molar-refractivity contribution is 5.96. The lowest BCUT2D eigenvalue weighted by molar-refractivity contribution is -0.147. The first-order valence-corrected chi connectivity index (χ1v) is 8.28. The van der Waals surface area contributed by atoms with E-state index in [0.29, 0.717) is 17.7 Å². The fourth-order valence-electron chi connectivity index (χ4n) is 2.30. The van der Waals surface area contributed by atoms with Crippen molar-refractivity contribution in [3.63, 3.8) is 0 Å². The molecule has 0 aliphatic carbocycles. The number of amides is 1. The largest absolute Gasteiger partial charge is 0.465 e. The molecule has 0 spiro atoms. The lowest BCUT2D eigenvalue weighted by Crippen LogP contribution is -2.21. The van der Waals surface area contributed by atoms with E-state index in [1.807, 2.05) is 0 Å². The van der Waals surface area contributed by atoms with Gasteiger partial charge in [0.25, 0.3) is 5.91 Å². The molecule has 142 valence electrons. The van der Waals surface area contributed by atoms with Crippen LogP contribution in [0.4, 0.5) is 10.1 Å². The lowest BCUT2D eigenvalue weighted by Gasteiger charge is -2.10. The average molecular weight is 373 g/mol. The number of hydrogen-bond donors (Lipinski definition) is 1. The molecule has 2 rings (SSSR count). The maximum atomic E-state index is 12.8. The summed E-state index contributed by atoms with van der Waals surface area (Å²) >= 11 is 0. The standard InChI is InChI=1S/C20H20FNO5/c1-13-3-7-15(20(25)26-2)11-17(13)22-18(23)12-27-19(24)10-6-14-4-8-16(21)9-5-14/h3-5,7-9,11H,6,10,12H2,1-2H3,(H,22,23). The molecule has 1 N–H and O–H groups in total. The predicted octanol–water partition coefficient (Wildman–Crippen LogP) is 3.04. The Bertz CT molecular complexity index is 833. The van der Waals surface area contributed by atoms with Crippen LogP contribution in [-0.2, 0) is 25.5 Å². The fraction of sp³-hybridized carbons (Fsp3) is 0.250. The smallest absolute Gasteiger partial charge is 0.337 e. The third-order valence-corrected chi connectivity index (χ3v) is 3.83. The van der Waals surface area contributed by atoms with Crippen molar-refractivity contribution in [3.05, 3.63) is 65.0 Å². The number of carbonyl (C=O) groups excluding carboxylic acids is 3. The number of nitrogens with one attached hydrogen (secondary N) is 1. The molecular formula is C20H20FNO5. The van der Waals surface area contributed by atoms with Crippen molar-refractivity contribution < 1.29 is 28.2 Å². The van der Waals surface area contributed by atoms with E-state index in [0.717, 1.165) is 11.1 Å². The summed E-state index contributed by atoms with van der Waals surface area (Å²) in [5, 5.41) is 2.60. The van der Waals surface area contributed by atoms with E-state index in [1.165, 1.54) is 25.3 Å². The van der Waals surface area contributed by atoms with Crippen molar-refractivity contribution >= 4 is 23.5 Å². The first-order valence-electron chi connectivity index (χ1n) is 8.28. The molecule has 0 aromatic heterocycles. The summed E-state index contributed by atoms with van der Waals surface area (Å²) in [5.41, 5.74) is 2.28. The second kappa shape index (κ2) is 9.47. The maximum Gasteiger partial charge on any atom is 0.337 e. The topological polar surface area (TPSA) is 81.7 Å². The number of aryl methyl sites for hydroxylation is 2. The number of carbonyl (C=O) groups is 3. The minimum absolute atomic E-state index is 0.0791. The highest BCUT2D eigenvalue weighted by Crippen LogP contribution is 2.17. The van der Waals surface area contributed by atoms with Crippen LogP contribution in [0.25, 0.3) is 0 Å². The summed E-state index contributed by atoms with van der Waals surface area (Å²) in [4.78, 5) is 35.3. The Morgan fingerprint density at radius 3 is 2.44 bits per heavy atom. The molecule has 27 heavy (non-hydrogen) atoms. The number of methoxy groups -OCH3 is 1. The van der Waals surface area contributed by atoms with E-state index in [9.17, 15) is 18.8 Å². The van der Waals surface area contributed by atoms with Crippen LogP contribution in [0, 0.1) is 12.7 Å². The molecular weight excluding hydrogens is 353 g/mol. The number of esters is 2. The molecule has 2 aromatic carbocycles. The van der Waals surface area contributed by atoms with Crippen LogP contribution in [0.15, 0.2) is 42.5 Å². The Kier molecular flexibility index (Phi) is 7.05. The normalized spacial score (nSPS) is 10.2. The minimum atomic E-state index is -0.533. The first-order chi connectivity index (χ1) is 12.9. The monoisotopic (exact) mass is 373 g/mol. The number of halogens is 1. The maximum absolute atomic E-state index is 12.8. The Morgan fingerprint density at radius 2 is 1.78 bits per heavy atom. The van der Waals surface area contributed by atoms with E-state index in [2.05, 4.69) is 10.1 Å². The predicted molar refractivity (Wildman–Crippen MR) is 96.8 cm³/mol. The Hall–Kier alpha value is -3.22. The Balaban J connectivity index is 1.82. The van der Waals surface area contributed by atoms with Crippen LogP contribution >= 0.6 is 0 Å². The first kappa shape index (κ1) is 20.1. The minimum Gasteiger partial charge on any atom is -0.465 e. The van der Waals surface area contributed by atoms with Crippen molar-refractivity contribution in [1.29, 1.82) is 0 Å². The molecule has 0 saturated heterocycles. The van der Waals surface area contributed by atoms with Gasteiger partial charge in [-0.05, 0) is 48.7 Å². The summed E-state index contributed by atoms with van der Waals surface area (Å²) in [7, 11) is 1.27. The molecule has 0 unspecified atom stereocenters. The zero-order chi connectivity index (χ0) is 19.8. The number of ether oxygens (including phenoxy) is 2. The van der Waals surface area contributed by atoms with Gasteiger partial charge in [-0.2, -0.15) is 0 Å². The number of anilines is 1. The van der Waals surface area contributed by atoms with Crippen LogP contribution in [0.5, 0.6) is 0 Å². The van der Waals surface area contributed by atoms with Crippen LogP contribution < -0.4 is 5.32 Å². The van der Waals surface area contributed by atoms with Crippen molar-refractivity contribution in [2.45, 2.75) is 19.8 Å². The highest BCUT2D eigenvalue weighted by Gasteiger charge is 2.12. The molecule has 1 amide bonds. The van der Waals surface area contributed by atoms with Crippen molar-refractivity contribution in [1.82, 2.24) is 0 Å². The van der Waals surface area contributed by atoms with Gasteiger partial charge in [-0.15, -0.1) is 0 Å². The van der Waals surface area contributed by atoms with Gasteiger partial charge in [-0.3, -0.25) is 9.59 Å². The quantitative estimate of drug-likeness (QED) is 0.755. The van der Waals surface area contributed by atoms with E-state index in [1.54, 1.807) is 31.2 Å². The molecule has 0 saturated carbocycles. The van der Waals surface area contributed by atoms with Gasteiger partial charge in [0.05, 0.1) is 12.7 Å². The summed E-state index contributed by atoms with van der Waals surface area (Å²) in [6, 6.07) is 10.6. The molecule has 0 heterocycles. The number of benzene rings is 2. The summed E-state index contributed by atoms with van der Waals surface area (Å²) in [6.45, 7) is 1.33. The summed E-state index contributed by atoms with van der Waals surface area (Å²) < 4.78 is 22.4. The summed E-state index contributed by atoms with van der Waals surface area (Å²) in [5.74, 6) is -1.91. The van der Waals surface area contributed by atoms with Gasteiger partial charge < -0.3 is 14.8 Å². The zero-order valence-electron chi connectivity index (χ0n) is 15.1. The Labute approximate surface area is 156 Å². The molecule has 0 aliphatic heterocycles. The van der Waals surface area contributed by atoms with E-state index in [4.69, 9.17) is 4.74 Å². The second-order valence-corrected chi connectivity index (χ2v) is 5.86. The van der Waals surface area contributed by atoms with Gasteiger partial charge in [-0.1, -0.05) is 18.2 Å². The van der Waals surface area contributed by atoms with E-state index < -0.39 is 24.5 Å². The van der Waals surface area contributed by atoms with Gasteiger partial charge in [0, 0.05) is 12.1 Å². The van der Waals surface area contributed by atoms with Crippen LogP contribution in [0.3, 0.4) is 0 Å². The molecule has 0 aliphatic rings. The third-order valence-electron chi connectivity index (χ3n) is 3.83. The van der Waals surface area contributed by atoms with Crippen molar-refractivity contribution in [2.24, 2.45) is 0 Å². The lowest BCUT2D eigenvalue weighted by atomic mass is 10.1. The van der Waals surface area contributed by atoms with Gasteiger partial charge in [-0.25, -0.2) is 9.18 Å². The molecule has 0 atom stereocenters. The average Bonchev–Trinajstić information content (AvgIpc) is 2.67. The molecule has 0 fully saturated rings. The molecule has 6 nitrogen and oxygen atoms in total. The van der Waals surface area contributed by atoms with Crippen LogP contribution in [0.2, 0.25) is 0 Å². The van der Waals surface area contributed by atoms with Gasteiger partial charge in [0.2, 0.25) is 0 Å². The second-order valence-electron chi connectivity index (χ2n) is 5.86. The van der Waals surface area contributed by atoms with E-state index >= 15 is 0 Å². The SMILES string of the molecule is COC(=O)c1ccc(C)c(NC(=O)COC(=O)CCc2ccc(F)cc2)c1. The molecule has 7 heteroatoms. The van der Waals surface area contributed by atoms with E-state index in [-0.39, 0.29) is 12.2 Å². The molecule has 0 bridgehead atoms. The van der Waals surface area contributed by atoms with Crippen LogP contribution in [0.1, 0.15) is 27.9 Å². The van der Waals surface area contributed by atoms with Crippen molar-refractivity contribution in [2.75, 3.05) is 19.0 Å². The zero-order valence-corrected chi connectivity index (χ0v) is 15.1. The van der Waals surface area contributed by atoms with Gasteiger partial charge in [0.1, 0.15) is 5.82 Å². The van der Waals surface area contributed by atoms with Crippen LogP contribution in [-0.4, -0.2) is 31.6 Å². The van der Waals surface area contributed by atoms with Crippen molar-refractivity contribution in [3.8, 4) is 0 Å². The molecule has 2 aromatic rings. The fourth-order valence-corrected chi connectivity index (χ4v) is 2.30. The van der Waals surface area contributed by atoms with Gasteiger partial charge in [0.15, 0.2) is 6.61 Å². The highest BCUT2D eigenvalue weighted by atomic mass is 19.1. The molecule has 0 radical (unpaired) electrons. The van der Waals surface area contributed by atoms with Gasteiger partial charge >= 0.3 is 11.9 Å². The Morgan fingerprint density at radius 1 is 1.07 bits per heavy atom. The number of rotatable bonds is 7. The third kappa shape index (κ3) is 6.22.